The van der Waals surface area contributed by atoms with Crippen molar-refractivity contribution in [3.8, 4) is 0 Å². The number of aryl methyl sites for hydroxylation is 1. The lowest BCUT2D eigenvalue weighted by molar-refractivity contribution is 0.602. The highest BCUT2D eigenvalue weighted by Gasteiger charge is 2.11. The summed E-state index contributed by atoms with van der Waals surface area (Å²) >= 11 is 1.34. The third kappa shape index (κ3) is 2.65. The van der Waals surface area contributed by atoms with Gasteiger partial charge in [-0.05, 0) is 30.0 Å². The highest BCUT2D eigenvalue weighted by Crippen LogP contribution is 2.31. The first-order valence-electron chi connectivity index (χ1n) is 4.99. The standard InChI is InChI=1S/C10H12N4O2S2/c1-14-10(12-6-13-14)17-9-4-3-7(5-8(9)11)18(2,15)16/h3-6H,11H2,1-2H3. The van der Waals surface area contributed by atoms with E-state index in [4.69, 9.17) is 5.73 Å². The van der Waals surface area contributed by atoms with Gasteiger partial charge in [0.2, 0.25) is 0 Å². The number of rotatable bonds is 3. The molecule has 0 aliphatic carbocycles. The Labute approximate surface area is 109 Å². The number of nitrogen functional groups attached to an aromatic ring is 1. The van der Waals surface area contributed by atoms with Gasteiger partial charge in [0.1, 0.15) is 6.33 Å². The van der Waals surface area contributed by atoms with E-state index < -0.39 is 9.84 Å². The fourth-order valence-corrected chi connectivity index (χ4v) is 2.77. The first-order valence-corrected chi connectivity index (χ1v) is 7.70. The molecule has 0 unspecified atom stereocenters. The van der Waals surface area contributed by atoms with Crippen LogP contribution in [0.4, 0.5) is 5.69 Å². The zero-order valence-electron chi connectivity index (χ0n) is 9.86. The molecule has 0 saturated heterocycles. The van der Waals surface area contributed by atoms with Crippen LogP contribution in [0.5, 0.6) is 0 Å². The lowest BCUT2D eigenvalue weighted by atomic mass is 10.3. The maximum atomic E-state index is 11.4. The van der Waals surface area contributed by atoms with Crippen molar-refractivity contribution >= 4 is 27.3 Å². The molecule has 0 aliphatic rings. The summed E-state index contributed by atoms with van der Waals surface area (Å²) in [6.45, 7) is 0. The smallest absolute Gasteiger partial charge is 0.190 e. The van der Waals surface area contributed by atoms with Gasteiger partial charge in [-0.3, -0.25) is 0 Å². The van der Waals surface area contributed by atoms with Gasteiger partial charge >= 0.3 is 0 Å². The van der Waals surface area contributed by atoms with Crippen molar-refractivity contribution in [2.75, 3.05) is 12.0 Å². The summed E-state index contributed by atoms with van der Waals surface area (Å²) in [6.07, 6.45) is 2.60. The van der Waals surface area contributed by atoms with Crippen LogP contribution in [0.15, 0.2) is 39.5 Å². The van der Waals surface area contributed by atoms with E-state index in [1.165, 1.54) is 30.2 Å². The second-order valence-corrected chi connectivity index (χ2v) is 6.76. The van der Waals surface area contributed by atoms with Crippen LogP contribution >= 0.6 is 11.8 Å². The minimum Gasteiger partial charge on any atom is -0.398 e. The van der Waals surface area contributed by atoms with E-state index in [0.717, 1.165) is 11.2 Å². The van der Waals surface area contributed by atoms with Crippen LogP contribution < -0.4 is 5.73 Å². The van der Waals surface area contributed by atoms with Crippen molar-refractivity contribution in [1.29, 1.82) is 0 Å². The van der Waals surface area contributed by atoms with E-state index in [9.17, 15) is 8.42 Å². The third-order valence-electron chi connectivity index (χ3n) is 2.28. The molecule has 0 saturated carbocycles. The van der Waals surface area contributed by atoms with Gasteiger partial charge in [0, 0.05) is 23.9 Å². The van der Waals surface area contributed by atoms with E-state index in [1.807, 2.05) is 0 Å². The van der Waals surface area contributed by atoms with Gasteiger partial charge in [0.05, 0.1) is 4.90 Å². The number of anilines is 1. The summed E-state index contributed by atoms with van der Waals surface area (Å²) in [5, 5.41) is 4.64. The Morgan fingerprint density at radius 2 is 2.11 bits per heavy atom. The van der Waals surface area contributed by atoms with Crippen LogP contribution in [0.3, 0.4) is 0 Å². The Kier molecular flexibility index (Phi) is 3.31. The first-order chi connectivity index (χ1) is 8.38. The molecular formula is C10H12N4O2S2. The summed E-state index contributed by atoms with van der Waals surface area (Å²) in [6, 6.07) is 4.66. The maximum Gasteiger partial charge on any atom is 0.190 e. The fourth-order valence-electron chi connectivity index (χ4n) is 1.33. The van der Waals surface area contributed by atoms with Gasteiger partial charge in [-0.1, -0.05) is 0 Å². The average Bonchev–Trinajstić information content (AvgIpc) is 2.66. The van der Waals surface area contributed by atoms with Crippen molar-refractivity contribution in [3.63, 3.8) is 0 Å². The number of nitrogens with zero attached hydrogens (tertiary/aromatic N) is 3. The van der Waals surface area contributed by atoms with E-state index in [-0.39, 0.29) is 4.90 Å². The highest BCUT2D eigenvalue weighted by atomic mass is 32.2. The molecule has 2 aromatic rings. The number of aromatic nitrogens is 3. The average molecular weight is 284 g/mol. The zero-order valence-corrected chi connectivity index (χ0v) is 11.5. The SMILES string of the molecule is Cn1ncnc1Sc1ccc(S(C)(=O)=O)cc1N. The molecule has 0 fully saturated rings. The number of nitrogens with two attached hydrogens (primary N) is 1. The largest absolute Gasteiger partial charge is 0.398 e. The highest BCUT2D eigenvalue weighted by molar-refractivity contribution is 7.99. The molecule has 0 bridgehead atoms. The summed E-state index contributed by atoms with van der Waals surface area (Å²) in [5.41, 5.74) is 6.25. The molecule has 18 heavy (non-hydrogen) atoms. The summed E-state index contributed by atoms with van der Waals surface area (Å²) in [4.78, 5) is 5.02. The number of hydrogen-bond donors (Lipinski definition) is 1. The quantitative estimate of drug-likeness (QED) is 0.844. The van der Waals surface area contributed by atoms with Crippen molar-refractivity contribution < 1.29 is 8.42 Å². The van der Waals surface area contributed by atoms with Crippen LogP contribution in [0.1, 0.15) is 0 Å². The van der Waals surface area contributed by atoms with Crippen LogP contribution in [0, 0.1) is 0 Å². The van der Waals surface area contributed by atoms with Gasteiger partial charge in [0.25, 0.3) is 0 Å². The predicted molar refractivity (Wildman–Crippen MR) is 69.1 cm³/mol. The molecule has 8 heteroatoms. The van der Waals surface area contributed by atoms with Gasteiger partial charge in [0.15, 0.2) is 15.0 Å². The molecule has 0 atom stereocenters. The van der Waals surface area contributed by atoms with E-state index in [0.29, 0.717) is 10.8 Å². The van der Waals surface area contributed by atoms with Gasteiger partial charge < -0.3 is 5.73 Å². The maximum absolute atomic E-state index is 11.4. The number of sulfone groups is 1. The third-order valence-corrected chi connectivity index (χ3v) is 4.53. The normalized spacial score (nSPS) is 11.7. The van der Waals surface area contributed by atoms with Gasteiger partial charge in [-0.2, -0.15) is 5.10 Å². The van der Waals surface area contributed by atoms with Crippen LogP contribution in [-0.2, 0) is 16.9 Å². The number of benzene rings is 1. The minimum atomic E-state index is -3.23. The van der Waals surface area contributed by atoms with E-state index in [2.05, 4.69) is 10.1 Å². The molecule has 2 rings (SSSR count). The van der Waals surface area contributed by atoms with Gasteiger partial charge in [-0.25, -0.2) is 18.1 Å². The van der Waals surface area contributed by atoms with Crippen LogP contribution in [0.2, 0.25) is 0 Å². The Hall–Kier alpha value is -1.54. The molecule has 1 aromatic heterocycles. The van der Waals surface area contributed by atoms with Crippen molar-refractivity contribution in [3.05, 3.63) is 24.5 Å². The molecule has 6 nitrogen and oxygen atoms in total. The minimum absolute atomic E-state index is 0.210. The Balaban J connectivity index is 2.34. The molecule has 96 valence electrons. The zero-order chi connectivity index (χ0) is 13.3. The molecule has 0 spiro atoms. The second kappa shape index (κ2) is 4.62. The van der Waals surface area contributed by atoms with Crippen molar-refractivity contribution in [1.82, 2.24) is 14.8 Å². The Morgan fingerprint density at radius 3 is 2.61 bits per heavy atom. The van der Waals surface area contributed by atoms with E-state index in [1.54, 1.807) is 17.8 Å². The predicted octanol–water partition coefficient (Wildman–Crippen LogP) is 0.952. The topological polar surface area (TPSA) is 90.9 Å². The fraction of sp³-hybridized carbons (Fsp3) is 0.200. The molecule has 1 aromatic carbocycles. The first kappa shape index (κ1) is 12.9. The summed E-state index contributed by atoms with van der Waals surface area (Å²) in [5.74, 6) is 0. The Morgan fingerprint density at radius 1 is 1.39 bits per heavy atom. The van der Waals surface area contributed by atoms with Crippen molar-refractivity contribution in [2.24, 2.45) is 7.05 Å². The number of hydrogen-bond acceptors (Lipinski definition) is 6. The summed E-state index contributed by atoms with van der Waals surface area (Å²) < 4.78 is 24.4. The monoisotopic (exact) mass is 284 g/mol. The van der Waals surface area contributed by atoms with Crippen LogP contribution in [0.25, 0.3) is 0 Å². The van der Waals surface area contributed by atoms with Crippen LogP contribution in [-0.4, -0.2) is 29.4 Å². The van der Waals surface area contributed by atoms with Gasteiger partial charge in [-0.15, -0.1) is 0 Å². The molecule has 1 heterocycles. The lowest BCUT2D eigenvalue weighted by Crippen LogP contribution is -2.00. The molecular weight excluding hydrogens is 272 g/mol. The van der Waals surface area contributed by atoms with E-state index >= 15 is 0 Å². The molecule has 0 aliphatic heterocycles. The second-order valence-electron chi connectivity index (χ2n) is 3.74. The molecule has 0 amide bonds. The summed E-state index contributed by atoms with van der Waals surface area (Å²) in [7, 11) is -1.46. The lowest BCUT2D eigenvalue weighted by Gasteiger charge is -2.06. The molecule has 0 radical (unpaired) electrons. The molecule has 2 N–H and O–H groups in total. The Bertz CT molecular complexity index is 679. The van der Waals surface area contributed by atoms with Crippen molar-refractivity contribution in [2.45, 2.75) is 14.9 Å².